The summed E-state index contributed by atoms with van der Waals surface area (Å²) in [5, 5.41) is 14.3. The molecule has 0 aliphatic heterocycles. The number of nitro groups is 1. The molecule has 5 nitrogen and oxygen atoms in total. The Morgan fingerprint density at radius 3 is 2.68 bits per heavy atom. The Bertz CT molecular complexity index is 669. The maximum atomic E-state index is 10.9. The number of non-ortho nitro benzene ring substituents is 1. The van der Waals surface area contributed by atoms with Crippen molar-refractivity contribution in [3.63, 3.8) is 0 Å². The fourth-order valence-corrected chi connectivity index (χ4v) is 2.21. The molecule has 5 heteroatoms. The standard InChI is InChI=1S/C17H21N3O2/c1-12(2)10-18-11-15-7-8-17(19-13(15)3)14-5-4-6-16(9-14)20(21)22/h4-9,12,18H,10-11H2,1-3H3. The highest BCUT2D eigenvalue weighted by molar-refractivity contribution is 5.62. The van der Waals surface area contributed by atoms with Gasteiger partial charge in [-0.1, -0.05) is 32.0 Å². The fraction of sp³-hybridized carbons (Fsp3) is 0.353. The van der Waals surface area contributed by atoms with Gasteiger partial charge in [-0.15, -0.1) is 0 Å². The number of hydrogen-bond donors (Lipinski definition) is 1. The van der Waals surface area contributed by atoms with Crippen molar-refractivity contribution in [1.29, 1.82) is 0 Å². The molecule has 0 aliphatic carbocycles. The van der Waals surface area contributed by atoms with Crippen molar-refractivity contribution >= 4 is 5.69 Å². The minimum absolute atomic E-state index is 0.0830. The summed E-state index contributed by atoms with van der Waals surface area (Å²) < 4.78 is 0. The highest BCUT2D eigenvalue weighted by atomic mass is 16.6. The van der Waals surface area contributed by atoms with Crippen molar-refractivity contribution in [2.75, 3.05) is 6.54 Å². The summed E-state index contributed by atoms with van der Waals surface area (Å²) in [4.78, 5) is 15.0. The van der Waals surface area contributed by atoms with Gasteiger partial charge in [0.2, 0.25) is 0 Å². The summed E-state index contributed by atoms with van der Waals surface area (Å²) in [6, 6.07) is 10.5. The molecule has 0 spiro atoms. The molecule has 0 radical (unpaired) electrons. The van der Waals surface area contributed by atoms with E-state index in [0.717, 1.165) is 35.6 Å². The number of pyridine rings is 1. The molecular weight excluding hydrogens is 278 g/mol. The second kappa shape index (κ2) is 7.13. The van der Waals surface area contributed by atoms with E-state index in [-0.39, 0.29) is 10.6 Å². The van der Waals surface area contributed by atoms with Gasteiger partial charge in [0.05, 0.1) is 10.6 Å². The number of aryl methyl sites for hydroxylation is 1. The van der Waals surface area contributed by atoms with Gasteiger partial charge in [-0.2, -0.15) is 0 Å². The van der Waals surface area contributed by atoms with Crippen LogP contribution in [0.5, 0.6) is 0 Å². The van der Waals surface area contributed by atoms with E-state index in [4.69, 9.17) is 0 Å². The number of rotatable bonds is 6. The van der Waals surface area contributed by atoms with Gasteiger partial charge in [0.15, 0.2) is 0 Å². The van der Waals surface area contributed by atoms with E-state index in [2.05, 4.69) is 24.1 Å². The Morgan fingerprint density at radius 1 is 1.27 bits per heavy atom. The van der Waals surface area contributed by atoms with Crippen molar-refractivity contribution in [1.82, 2.24) is 10.3 Å². The Hall–Kier alpha value is -2.27. The third-order valence-corrected chi connectivity index (χ3v) is 3.42. The average molecular weight is 299 g/mol. The summed E-state index contributed by atoms with van der Waals surface area (Å²) in [7, 11) is 0. The summed E-state index contributed by atoms with van der Waals surface area (Å²) >= 11 is 0. The maximum Gasteiger partial charge on any atom is 0.270 e. The highest BCUT2D eigenvalue weighted by Gasteiger charge is 2.09. The molecule has 2 rings (SSSR count). The van der Waals surface area contributed by atoms with Crippen molar-refractivity contribution in [2.45, 2.75) is 27.3 Å². The Kier molecular flexibility index (Phi) is 5.22. The maximum absolute atomic E-state index is 10.9. The van der Waals surface area contributed by atoms with Crippen LogP contribution >= 0.6 is 0 Å². The van der Waals surface area contributed by atoms with Crippen molar-refractivity contribution in [3.8, 4) is 11.3 Å². The molecule has 1 N–H and O–H groups in total. The zero-order valence-electron chi connectivity index (χ0n) is 13.2. The first kappa shape index (κ1) is 16.1. The summed E-state index contributed by atoms with van der Waals surface area (Å²) in [5.74, 6) is 0.609. The molecule has 1 aromatic carbocycles. The van der Waals surface area contributed by atoms with E-state index in [1.807, 2.05) is 25.1 Å². The fourth-order valence-electron chi connectivity index (χ4n) is 2.21. The predicted octanol–water partition coefficient (Wildman–Crippen LogP) is 3.71. The van der Waals surface area contributed by atoms with Gasteiger partial charge in [-0.3, -0.25) is 15.1 Å². The van der Waals surface area contributed by atoms with E-state index >= 15 is 0 Å². The number of hydrogen-bond acceptors (Lipinski definition) is 4. The molecule has 0 bridgehead atoms. The molecule has 0 aliphatic rings. The molecule has 0 unspecified atom stereocenters. The third-order valence-electron chi connectivity index (χ3n) is 3.42. The van der Waals surface area contributed by atoms with Crippen LogP contribution in [0.4, 0.5) is 5.69 Å². The summed E-state index contributed by atoms with van der Waals surface area (Å²) in [6.07, 6.45) is 0. The number of nitrogens with one attached hydrogen (secondary N) is 1. The Morgan fingerprint density at radius 2 is 2.05 bits per heavy atom. The van der Waals surface area contributed by atoms with E-state index in [1.165, 1.54) is 6.07 Å². The monoisotopic (exact) mass is 299 g/mol. The van der Waals surface area contributed by atoms with Crippen molar-refractivity contribution in [3.05, 3.63) is 57.8 Å². The van der Waals surface area contributed by atoms with Crippen LogP contribution in [-0.4, -0.2) is 16.5 Å². The lowest BCUT2D eigenvalue weighted by Crippen LogP contribution is -2.19. The third kappa shape index (κ3) is 4.11. The molecule has 116 valence electrons. The first-order valence-electron chi connectivity index (χ1n) is 7.39. The topological polar surface area (TPSA) is 68.1 Å². The molecule has 1 heterocycles. The van der Waals surface area contributed by atoms with Gasteiger partial charge in [0.25, 0.3) is 5.69 Å². The van der Waals surface area contributed by atoms with Crippen LogP contribution in [0.15, 0.2) is 36.4 Å². The lowest BCUT2D eigenvalue weighted by atomic mass is 10.1. The molecule has 22 heavy (non-hydrogen) atoms. The molecule has 1 aromatic heterocycles. The molecule has 0 saturated carbocycles. The molecule has 0 saturated heterocycles. The number of benzene rings is 1. The molecule has 2 aromatic rings. The van der Waals surface area contributed by atoms with Crippen LogP contribution in [0.3, 0.4) is 0 Å². The molecule has 0 atom stereocenters. The zero-order chi connectivity index (χ0) is 16.1. The summed E-state index contributed by atoms with van der Waals surface area (Å²) in [5.41, 5.74) is 3.70. The summed E-state index contributed by atoms with van der Waals surface area (Å²) in [6.45, 7) is 8.05. The van der Waals surface area contributed by atoms with Crippen molar-refractivity contribution in [2.24, 2.45) is 5.92 Å². The van der Waals surface area contributed by atoms with Crippen LogP contribution in [0.2, 0.25) is 0 Å². The minimum Gasteiger partial charge on any atom is -0.312 e. The molecule has 0 fully saturated rings. The van der Waals surface area contributed by atoms with Crippen LogP contribution < -0.4 is 5.32 Å². The van der Waals surface area contributed by atoms with E-state index in [0.29, 0.717) is 5.92 Å². The Balaban J connectivity index is 2.18. The second-order valence-electron chi connectivity index (χ2n) is 5.77. The molecule has 0 amide bonds. The zero-order valence-corrected chi connectivity index (χ0v) is 13.2. The van der Waals surface area contributed by atoms with Crippen LogP contribution in [0.1, 0.15) is 25.1 Å². The van der Waals surface area contributed by atoms with Gasteiger partial charge in [-0.25, -0.2) is 0 Å². The van der Waals surface area contributed by atoms with E-state index in [9.17, 15) is 10.1 Å². The number of aromatic nitrogens is 1. The van der Waals surface area contributed by atoms with E-state index < -0.39 is 0 Å². The van der Waals surface area contributed by atoms with Crippen LogP contribution in [0.25, 0.3) is 11.3 Å². The number of nitro benzene ring substituents is 1. The quantitative estimate of drug-likeness (QED) is 0.652. The Labute approximate surface area is 130 Å². The average Bonchev–Trinajstić information content (AvgIpc) is 2.48. The van der Waals surface area contributed by atoms with E-state index in [1.54, 1.807) is 12.1 Å². The SMILES string of the molecule is Cc1nc(-c2cccc([N+](=O)[O-])c2)ccc1CNCC(C)C. The first-order valence-corrected chi connectivity index (χ1v) is 7.39. The van der Waals surface area contributed by atoms with Gasteiger partial charge in [0, 0.05) is 29.9 Å². The minimum atomic E-state index is -0.388. The van der Waals surface area contributed by atoms with Gasteiger partial charge in [-0.05, 0) is 31.0 Å². The predicted molar refractivity (Wildman–Crippen MR) is 87.6 cm³/mol. The largest absolute Gasteiger partial charge is 0.312 e. The highest BCUT2D eigenvalue weighted by Crippen LogP contribution is 2.23. The van der Waals surface area contributed by atoms with Gasteiger partial charge in [0.1, 0.15) is 0 Å². The lowest BCUT2D eigenvalue weighted by molar-refractivity contribution is -0.384. The normalized spacial score (nSPS) is 10.9. The molecular formula is C17H21N3O2. The van der Waals surface area contributed by atoms with Crippen LogP contribution in [-0.2, 0) is 6.54 Å². The van der Waals surface area contributed by atoms with Gasteiger partial charge < -0.3 is 5.32 Å². The van der Waals surface area contributed by atoms with Crippen molar-refractivity contribution < 1.29 is 4.92 Å². The number of nitrogens with zero attached hydrogens (tertiary/aromatic N) is 2. The smallest absolute Gasteiger partial charge is 0.270 e. The first-order chi connectivity index (χ1) is 10.5. The second-order valence-corrected chi connectivity index (χ2v) is 5.77. The van der Waals surface area contributed by atoms with Gasteiger partial charge >= 0.3 is 0 Å². The lowest BCUT2D eigenvalue weighted by Gasteiger charge is -2.10. The van der Waals surface area contributed by atoms with Crippen LogP contribution in [0, 0.1) is 23.0 Å².